The molecule has 0 radical (unpaired) electrons. The average molecular weight is 295 g/mol. The van der Waals surface area contributed by atoms with Crippen molar-refractivity contribution in [2.24, 2.45) is 0 Å². The summed E-state index contributed by atoms with van der Waals surface area (Å²) in [5.41, 5.74) is -7.81. The maximum Gasteiger partial charge on any atom is 0.434 e. The molecule has 0 bridgehead atoms. The minimum absolute atomic E-state index is 0.100. The summed E-state index contributed by atoms with van der Waals surface area (Å²) >= 11 is 9.10. The second kappa shape index (κ2) is 3.61. The summed E-state index contributed by atoms with van der Waals surface area (Å²) in [7, 11) is 1.45. The van der Waals surface area contributed by atoms with Crippen LogP contribution in [-0.2, 0) is 11.0 Å². The number of aromatic nitrogens is 2. The SMILES string of the molecule is FC(F)(Cl)n1sssn1C(F)(F)Cl. The van der Waals surface area contributed by atoms with Gasteiger partial charge in [0.15, 0.2) is 0 Å². The normalized spacial score (nSPS) is 13.4. The largest absolute Gasteiger partial charge is 0.434 e. The van der Waals surface area contributed by atoms with Crippen LogP contribution in [0.5, 0.6) is 0 Å². The van der Waals surface area contributed by atoms with Crippen LogP contribution in [0.25, 0.3) is 0 Å². The number of alkyl halides is 6. The first kappa shape index (κ1) is 11.6. The van der Waals surface area contributed by atoms with E-state index in [1.54, 1.807) is 0 Å². The van der Waals surface area contributed by atoms with Crippen LogP contribution in [0, 0.1) is 0 Å². The summed E-state index contributed by atoms with van der Waals surface area (Å²) in [5, 5.41) is 0. The van der Waals surface area contributed by atoms with E-state index in [9.17, 15) is 17.6 Å². The van der Waals surface area contributed by atoms with Crippen molar-refractivity contribution in [3.63, 3.8) is 0 Å². The molecule has 0 aliphatic heterocycles. The first-order valence-electron chi connectivity index (χ1n) is 2.48. The van der Waals surface area contributed by atoms with Crippen LogP contribution in [0.2, 0.25) is 0 Å². The second-order valence-corrected chi connectivity index (χ2v) is 6.26. The van der Waals surface area contributed by atoms with Crippen molar-refractivity contribution in [2.75, 3.05) is 0 Å². The Kier molecular flexibility index (Phi) is 3.23. The van der Waals surface area contributed by atoms with Gasteiger partial charge in [0, 0.05) is 30.4 Å². The Hall–Kier alpha value is 0.560. The predicted octanol–water partition coefficient (Wildman–Crippen LogP) is 4.09. The van der Waals surface area contributed by atoms with E-state index in [0.717, 1.165) is 0 Å². The maximum absolute atomic E-state index is 12.4. The highest BCUT2D eigenvalue weighted by molar-refractivity contribution is 7.92. The molecule has 0 aromatic carbocycles. The van der Waals surface area contributed by atoms with Crippen molar-refractivity contribution in [3.8, 4) is 0 Å². The second-order valence-electron chi connectivity index (χ2n) is 1.70. The topological polar surface area (TPSA) is 9.86 Å². The van der Waals surface area contributed by atoms with E-state index >= 15 is 0 Å². The Balaban J connectivity index is 3.19. The van der Waals surface area contributed by atoms with Gasteiger partial charge in [0.25, 0.3) is 0 Å². The van der Waals surface area contributed by atoms with Gasteiger partial charge in [0.05, 0.1) is 0 Å². The molecule has 0 aliphatic carbocycles. The molecule has 2 nitrogen and oxygen atoms in total. The lowest BCUT2D eigenvalue weighted by atomic mass is 11.2. The lowest BCUT2D eigenvalue weighted by Crippen LogP contribution is -2.28. The monoisotopic (exact) mass is 294 g/mol. The van der Waals surface area contributed by atoms with Gasteiger partial charge in [-0.3, -0.25) is 0 Å². The van der Waals surface area contributed by atoms with Gasteiger partial charge in [-0.05, 0) is 23.2 Å². The number of hydrogen-bond donors (Lipinski definition) is 0. The molecule has 1 aromatic heterocycles. The zero-order valence-corrected chi connectivity index (χ0v) is 9.35. The zero-order valence-electron chi connectivity index (χ0n) is 5.39. The molecule has 0 fully saturated rings. The molecular weight excluding hydrogens is 295 g/mol. The fourth-order valence-electron chi connectivity index (χ4n) is 0.422. The van der Waals surface area contributed by atoms with E-state index < -0.39 is 11.0 Å². The molecule has 0 spiro atoms. The van der Waals surface area contributed by atoms with Gasteiger partial charge in [-0.25, -0.2) is 0 Å². The molecule has 0 N–H and O–H groups in total. The average Bonchev–Trinajstić information content (AvgIpc) is 2.27. The van der Waals surface area contributed by atoms with E-state index in [1.807, 2.05) is 0 Å². The summed E-state index contributed by atoms with van der Waals surface area (Å²) in [6.07, 6.45) is 0. The van der Waals surface area contributed by atoms with Crippen LogP contribution < -0.4 is 0 Å². The molecule has 1 rings (SSSR count). The Morgan fingerprint density at radius 3 is 1.38 bits per heavy atom. The summed E-state index contributed by atoms with van der Waals surface area (Å²) in [6.45, 7) is 0. The minimum atomic E-state index is -3.90. The number of halogens is 6. The van der Waals surface area contributed by atoms with E-state index in [4.69, 9.17) is 0 Å². The number of rotatable bonds is 2. The summed E-state index contributed by atoms with van der Waals surface area (Å²) in [5.74, 6) is 0. The fraction of sp³-hybridized carbons (Fsp3) is 1.00. The minimum Gasteiger partial charge on any atom is -0.163 e. The highest BCUT2D eigenvalue weighted by atomic mass is 35.5. The van der Waals surface area contributed by atoms with Crippen LogP contribution >= 0.6 is 53.6 Å². The van der Waals surface area contributed by atoms with E-state index in [0.29, 0.717) is 30.4 Å². The third kappa shape index (κ3) is 2.75. The molecule has 0 aliphatic rings. The molecule has 0 saturated heterocycles. The molecule has 0 unspecified atom stereocenters. The smallest absolute Gasteiger partial charge is 0.163 e. The highest BCUT2D eigenvalue weighted by Crippen LogP contribution is 2.38. The van der Waals surface area contributed by atoms with E-state index in [-0.39, 0.29) is 8.14 Å². The molecule has 78 valence electrons. The Morgan fingerprint density at radius 2 is 1.15 bits per heavy atom. The van der Waals surface area contributed by atoms with Gasteiger partial charge < -0.3 is 0 Å². The van der Waals surface area contributed by atoms with Crippen molar-refractivity contribution in [2.45, 2.75) is 11.0 Å². The van der Waals surface area contributed by atoms with Gasteiger partial charge >= 0.3 is 11.0 Å². The molecule has 1 aromatic rings. The molecule has 0 saturated carbocycles. The Morgan fingerprint density at radius 1 is 0.846 bits per heavy atom. The first-order chi connectivity index (χ1) is 5.73. The molecular formula is C2Cl2F4N2S3. The summed E-state index contributed by atoms with van der Waals surface area (Å²) in [6, 6.07) is 0. The molecule has 1 heterocycles. The van der Waals surface area contributed by atoms with Crippen LogP contribution in [0.4, 0.5) is 17.6 Å². The lowest BCUT2D eigenvalue weighted by molar-refractivity contribution is -0.0551. The summed E-state index contributed by atoms with van der Waals surface area (Å²) < 4.78 is 49.5. The van der Waals surface area contributed by atoms with Crippen LogP contribution in [0.15, 0.2) is 0 Å². The third-order valence-corrected chi connectivity index (χ3v) is 4.92. The molecule has 11 heteroatoms. The summed E-state index contributed by atoms with van der Waals surface area (Å²) in [4.78, 5) is 0. The van der Waals surface area contributed by atoms with E-state index in [1.165, 1.54) is 0 Å². The van der Waals surface area contributed by atoms with E-state index in [2.05, 4.69) is 23.2 Å². The predicted molar refractivity (Wildman–Crippen MR) is 45.8 cm³/mol. The quantitative estimate of drug-likeness (QED) is 0.442. The fourth-order valence-corrected chi connectivity index (χ4v) is 4.88. The number of nitrogens with zero attached hydrogens (tertiary/aromatic N) is 2. The van der Waals surface area contributed by atoms with Crippen molar-refractivity contribution in [3.05, 3.63) is 0 Å². The number of hydrogen-bond acceptors (Lipinski definition) is 3. The van der Waals surface area contributed by atoms with Gasteiger partial charge in [0.1, 0.15) is 0 Å². The van der Waals surface area contributed by atoms with Crippen molar-refractivity contribution in [1.29, 1.82) is 0 Å². The van der Waals surface area contributed by atoms with Crippen LogP contribution in [-0.4, -0.2) is 8.14 Å². The van der Waals surface area contributed by atoms with Gasteiger partial charge in [0.2, 0.25) is 0 Å². The molecule has 13 heavy (non-hydrogen) atoms. The maximum atomic E-state index is 12.4. The zero-order chi connectivity index (χ0) is 10.3. The third-order valence-electron chi connectivity index (χ3n) is 0.801. The van der Waals surface area contributed by atoms with Crippen molar-refractivity contribution in [1.82, 2.24) is 8.14 Å². The molecule has 0 amide bonds. The van der Waals surface area contributed by atoms with Crippen molar-refractivity contribution >= 4 is 53.6 Å². The Bertz CT molecular complexity index is 277. The van der Waals surface area contributed by atoms with Gasteiger partial charge in [-0.15, -0.1) is 8.14 Å². The Labute approximate surface area is 90.2 Å². The van der Waals surface area contributed by atoms with Crippen LogP contribution in [0.3, 0.4) is 0 Å². The highest BCUT2D eigenvalue weighted by Gasteiger charge is 2.39. The van der Waals surface area contributed by atoms with Gasteiger partial charge in [-0.1, -0.05) is 0 Å². The van der Waals surface area contributed by atoms with Crippen LogP contribution in [0.1, 0.15) is 0 Å². The van der Waals surface area contributed by atoms with Crippen molar-refractivity contribution < 1.29 is 17.6 Å². The van der Waals surface area contributed by atoms with Gasteiger partial charge in [-0.2, -0.15) is 17.6 Å². The molecule has 0 atom stereocenters. The lowest BCUT2D eigenvalue weighted by Gasteiger charge is -2.15. The standard InChI is InChI=1S/C2Cl2F4N2S3/c3-1(5,6)9-10(2(4,7)8)12-13-11-9. The first-order valence-corrected chi connectivity index (χ1v) is 6.63.